The summed E-state index contributed by atoms with van der Waals surface area (Å²) in [5.74, 6) is 0.743. The molecule has 1 saturated heterocycles. The van der Waals surface area contributed by atoms with E-state index in [4.69, 9.17) is 5.73 Å². The van der Waals surface area contributed by atoms with Crippen molar-refractivity contribution in [3.8, 4) is 0 Å². The first-order chi connectivity index (χ1) is 9.99. The minimum absolute atomic E-state index is 0. The minimum Gasteiger partial charge on any atom is -0.343 e. The Labute approximate surface area is 141 Å². The highest BCUT2D eigenvalue weighted by atomic mass is 35.5. The van der Waals surface area contributed by atoms with Crippen molar-refractivity contribution in [3.05, 3.63) is 0 Å². The topological polar surface area (TPSA) is 66.6 Å². The highest BCUT2D eigenvalue weighted by Crippen LogP contribution is 2.19. The zero-order valence-corrected chi connectivity index (χ0v) is 15.0. The van der Waals surface area contributed by atoms with Gasteiger partial charge in [-0.15, -0.1) is 12.4 Å². The highest BCUT2D eigenvalue weighted by Gasteiger charge is 2.25. The molecule has 2 N–H and O–H groups in total. The lowest BCUT2D eigenvalue weighted by atomic mass is 9.92. The van der Waals surface area contributed by atoms with Crippen LogP contribution in [0.2, 0.25) is 0 Å². The van der Waals surface area contributed by atoms with E-state index < -0.39 is 0 Å². The zero-order chi connectivity index (χ0) is 15.8. The maximum absolute atomic E-state index is 12.2. The Kier molecular flexibility index (Phi) is 10.4. The van der Waals surface area contributed by atoms with Gasteiger partial charge in [-0.05, 0) is 46.0 Å². The Morgan fingerprint density at radius 3 is 2.45 bits per heavy atom. The number of amides is 2. The molecule has 1 heterocycles. The number of likely N-dealkylation sites (tertiary alicyclic amines) is 1. The highest BCUT2D eigenvalue weighted by molar-refractivity contribution is 5.85. The van der Waals surface area contributed by atoms with Crippen LogP contribution in [0.15, 0.2) is 0 Å². The van der Waals surface area contributed by atoms with E-state index in [9.17, 15) is 9.59 Å². The minimum atomic E-state index is 0. The van der Waals surface area contributed by atoms with Crippen molar-refractivity contribution in [1.82, 2.24) is 9.80 Å². The molecule has 0 saturated carbocycles. The molecule has 0 aromatic carbocycles. The average molecular weight is 334 g/mol. The second kappa shape index (κ2) is 10.8. The summed E-state index contributed by atoms with van der Waals surface area (Å²) in [6, 6.07) is 0.143. The monoisotopic (exact) mass is 333 g/mol. The third-order valence-corrected chi connectivity index (χ3v) is 4.45. The van der Waals surface area contributed by atoms with Gasteiger partial charge in [-0.3, -0.25) is 9.59 Å². The van der Waals surface area contributed by atoms with Gasteiger partial charge in [-0.25, -0.2) is 0 Å². The molecule has 5 nitrogen and oxygen atoms in total. The third kappa shape index (κ3) is 6.53. The quantitative estimate of drug-likeness (QED) is 0.775. The number of nitrogens with zero attached hydrogens (tertiary/aromatic N) is 2. The van der Waals surface area contributed by atoms with E-state index in [2.05, 4.69) is 0 Å². The molecule has 6 heteroatoms. The molecule has 1 aliphatic heterocycles. The van der Waals surface area contributed by atoms with E-state index in [1.807, 2.05) is 30.6 Å². The Bertz CT molecular complexity index is 346. The third-order valence-electron chi connectivity index (χ3n) is 4.45. The molecule has 2 unspecified atom stereocenters. The van der Waals surface area contributed by atoms with Crippen molar-refractivity contribution in [1.29, 1.82) is 0 Å². The lowest BCUT2D eigenvalue weighted by molar-refractivity contribution is -0.134. The lowest BCUT2D eigenvalue weighted by Gasteiger charge is -2.34. The first kappa shape index (κ1) is 21.2. The maximum Gasteiger partial charge on any atom is 0.222 e. The van der Waals surface area contributed by atoms with Gasteiger partial charge in [0.15, 0.2) is 0 Å². The van der Waals surface area contributed by atoms with Gasteiger partial charge < -0.3 is 15.5 Å². The van der Waals surface area contributed by atoms with E-state index in [1.165, 1.54) is 0 Å². The molecule has 0 radical (unpaired) electrons. The van der Waals surface area contributed by atoms with Crippen LogP contribution in [-0.2, 0) is 9.59 Å². The largest absolute Gasteiger partial charge is 0.343 e. The van der Waals surface area contributed by atoms with Crippen LogP contribution in [0, 0.1) is 5.92 Å². The van der Waals surface area contributed by atoms with Gasteiger partial charge in [0.05, 0.1) is 0 Å². The summed E-state index contributed by atoms with van der Waals surface area (Å²) in [6.45, 7) is 9.08. The number of nitrogens with two attached hydrogens (primary N) is 1. The summed E-state index contributed by atoms with van der Waals surface area (Å²) >= 11 is 0. The summed E-state index contributed by atoms with van der Waals surface area (Å²) in [5, 5.41) is 0. The first-order valence-electron chi connectivity index (χ1n) is 8.30. The summed E-state index contributed by atoms with van der Waals surface area (Å²) in [4.78, 5) is 27.9. The van der Waals surface area contributed by atoms with Gasteiger partial charge in [-0.2, -0.15) is 0 Å². The number of carbonyl (C=O) groups is 2. The van der Waals surface area contributed by atoms with E-state index >= 15 is 0 Å². The number of halogens is 1. The molecule has 2 amide bonds. The Morgan fingerprint density at radius 2 is 1.91 bits per heavy atom. The molecule has 1 rings (SSSR count). The van der Waals surface area contributed by atoms with Crippen LogP contribution in [0.4, 0.5) is 0 Å². The summed E-state index contributed by atoms with van der Waals surface area (Å²) < 4.78 is 0. The summed E-state index contributed by atoms with van der Waals surface area (Å²) in [6.07, 6.45) is 3.74. The number of hydrogen-bond acceptors (Lipinski definition) is 3. The van der Waals surface area contributed by atoms with Crippen LogP contribution >= 0.6 is 12.4 Å². The standard InChI is InChI=1S/C16H31N3O2.ClH/c1-4-18(5-2)15(20)9-6-10-16(21)19-11-7-8-14(12-19)13(3)17;/h13-14H,4-12,17H2,1-3H3;1H. The van der Waals surface area contributed by atoms with Gasteiger partial charge in [-0.1, -0.05) is 0 Å². The Balaban J connectivity index is 0.00000441. The SMILES string of the molecule is CCN(CC)C(=O)CCCC(=O)N1CCCC(C(C)N)C1.Cl. The van der Waals surface area contributed by atoms with Crippen molar-refractivity contribution >= 4 is 24.2 Å². The summed E-state index contributed by atoms with van der Waals surface area (Å²) in [7, 11) is 0. The van der Waals surface area contributed by atoms with Crippen LogP contribution in [0.5, 0.6) is 0 Å². The summed E-state index contributed by atoms with van der Waals surface area (Å²) in [5.41, 5.74) is 5.95. The van der Waals surface area contributed by atoms with Crippen LogP contribution < -0.4 is 5.73 Å². The average Bonchev–Trinajstić information content (AvgIpc) is 2.48. The van der Waals surface area contributed by atoms with Crippen molar-refractivity contribution in [2.45, 2.75) is 58.9 Å². The Hall–Kier alpha value is -0.810. The normalized spacial score (nSPS) is 19.3. The molecule has 0 aromatic heterocycles. The van der Waals surface area contributed by atoms with Crippen molar-refractivity contribution in [3.63, 3.8) is 0 Å². The molecule has 0 spiro atoms. The smallest absolute Gasteiger partial charge is 0.222 e. The molecule has 1 aliphatic rings. The van der Waals surface area contributed by atoms with Crippen LogP contribution in [0.25, 0.3) is 0 Å². The fourth-order valence-corrected chi connectivity index (χ4v) is 2.95. The molecular weight excluding hydrogens is 302 g/mol. The molecule has 22 heavy (non-hydrogen) atoms. The van der Waals surface area contributed by atoms with Crippen LogP contribution in [0.3, 0.4) is 0 Å². The van der Waals surface area contributed by atoms with E-state index in [-0.39, 0.29) is 30.3 Å². The van der Waals surface area contributed by atoms with E-state index in [1.54, 1.807) is 0 Å². The molecule has 130 valence electrons. The molecule has 2 atom stereocenters. The molecule has 1 fully saturated rings. The predicted octanol–water partition coefficient (Wildman–Crippen LogP) is 2.03. The lowest BCUT2D eigenvalue weighted by Crippen LogP contribution is -2.45. The van der Waals surface area contributed by atoms with Gasteiger partial charge in [0.25, 0.3) is 0 Å². The molecule has 0 aromatic rings. The molecular formula is C16H32ClN3O2. The fourth-order valence-electron chi connectivity index (χ4n) is 2.95. The van der Waals surface area contributed by atoms with Crippen LogP contribution in [-0.4, -0.2) is 53.8 Å². The van der Waals surface area contributed by atoms with Gasteiger partial charge in [0.1, 0.15) is 0 Å². The molecule has 0 aliphatic carbocycles. The van der Waals surface area contributed by atoms with Crippen LogP contribution in [0.1, 0.15) is 52.9 Å². The second-order valence-corrected chi connectivity index (χ2v) is 6.02. The Morgan fingerprint density at radius 1 is 1.27 bits per heavy atom. The number of piperidine rings is 1. The van der Waals surface area contributed by atoms with Gasteiger partial charge in [0.2, 0.25) is 11.8 Å². The van der Waals surface area contributed by atoms with E-state index in [0.29, 0.717) is 25.2 Å². The first-order valence-corrected chi connectivity index (χ1v) is 8.30. The van der Waals surface area contributed by atoms with Crippen molar-refractivity contribution < 1.29 is 9.59 Å². The second-order valence-electron chi connectivity index (χ2n) is 6.02. The van der Waals surface area contributed by atoms with Crippen molar-refractivity contribution in [2.75, 3.05) is 26.2 Å². The fraction of sp³-hybridized carbons (Fsp3) is 0.875. The molecule has 0 bridgehead atoms. The van der Waals surface area contributed by atoms with E-state index in [0.717, 1.165) is 39.0 Å². The van der Waals surface area contributed by atoms with Gasteiger partial charge >= 0.3 is 0 Å². The number of hydrogen-bond donors (Lipinski definition) is 1. The zero-order valence-electron chi connectivity index (χ0n) is 14.2. The maximum atomic E-state index is 12.2. The predicted molar refractivity (Wildman–Crippen MR) is 92.0 cm³/mol. The number of rotatable bonds is 7. The van der Waals surface area contributed by atoms with Crippen molar-refractivity contribution in [2.24, 2.45) is 11.7 Å². The number of carbonyl (C=O) groups excluding carboxylic acids is 2. The van der Waals surface area contributed by atoms with Gasteiger partial charge in [0, 0.05) is 45.1 Å².